The van der Waals surface area contributed by atoms with Crippen LogP contribution in [0.1, 0.15) is 22.1 Å². The van der Waals surface area contributed by atoms with E-state index in [-0.39, 0.29) is 6.10 Å². The van der Waals surface area contributed by atoms with E-state index in [0.29, 0.717) is 0 Å². The fourth-order valence-corrected chi connectivity index (χ4v) is 3.66. The van der Waals surface area contributed by atoms with Crippen molar-refractivity contribution in [3.63, 3.8) is 0 Å². The van der Waals surface area contributed by atoms with E-state index >= 15 is 0 Å². The number of hydrogen-bond acceptors (Lipinski definition) is 3. The van der Waals surface area contributed by atoms with Crippen LogP contribution in [0.15, 0.2) is 36.4 Å². The van der Waals surface area contributed by atoms with Crippen molar-refractivity contribution in [2.75, 3.05) is 19.7 Å². The molecule has 0 spiro atoms. The first kappa shape index (κ1) is 14.1. The predicted molar refractivity (Wildman–Crippen MR) is 84.7 cm³/mol. The number of benzene rings is 1. The number of halogens is 1. The minimum atomic E-state index is 0.187. The molecule has 4 heteroatoms. The first-order valence-corrected chi connectivity index (χ1v) is 8.17. The number of rotatable bonds is 5. The molecule has 106 valence electrons. The van der Waals surface area contributed by atoms with Crippen LogP contribution in [0, 0.1) is 0 Å². The second kappa shape index (κ2) is 6.72. The Hall–Kier alpha value is -0.870. The standard InChI is InChI=1S/C16H18ClNOS/c17-16-6-5-13(20-16)7-9-18-11-15-14-4-2-1-3-12(14)8-10-19-15/h1-6,15,18H,7-11H2. The molecular formula is C16H18ClNOS. The highest BCUT2D eigenvalue weighted by Crippen LogP contribution is 2.26. The average Bonchev–Trinajstić information content (AvgIpc) is 2.89. The zero-order valence-corrected chi connectivity index (χ0v) is 12.8. The SMILES string of the molecule is Clc1ccc(CCNCC2OCCc3ccccc32)s1. The predicted octanol–water partition coefficient (Wildman–Crippen LogP) is 3.85. The Morgan fingerprint density at radius 3 is 3.00 bits per heavy atom. The molecule has 0 fully saturated rings. The van der Waals surface area contributed by atoms with E-state index in [0.717, 1.165) is 36.9 Å². The van der Waals surface area contributed by atoms with Gasteiger partial charge in [-0.25, -0.2) is 0 Å². The van der Waals surface area contributed by atoms with E-state index < -0.39 is 0 Å². The molecule has 0 saturated carbocycles. The van der Waals surface area contributed by atoms with Crippen LogP contribution in [0.2, 0.25) is 4.34 Å². The lowest BCUT2D eigenvalue weighted by Crippen LogP contribution is -2.28. The van der Waals surface area contributed by atoms with Gasteiger partial charge in [0, 0.05) is 18.0 Å². The van der Waals surface area contributed by atoms with Crippen molar-refractivity contribution in [3.8, 4) is 0 Å². The highest BCUT2D eigenvalue weighted by molar-refractivity contribution is 7.16. The third kappa shape index (κ3) is 3.41. The molecule has 2 aromatic rings. The van der Waals surface area contributed by atoms with Crippen LogP contribution in [0.3, 0.4) is 0 Å². The van der Waals surface area contributed by atoms with Gasteiger partial charge in [-0.3, -0.25) is 0 Å². The summed E-state index contributed by atoms with van der Waals surface area (Å²) in [7, 11) is 0. The molecule has 2 nitrogen and oxygen atoms in total. The minimum absolute atomic E-state index is 0.187. The van der Waals surface area contributed by atoms with Crippen molar-refractivity contribution in [2.45, 2.75) is 18.9 Å². The number of thiophene rings is 1. The lowest BCUT2D eigenvalue weighted by Gasteiger charge is -2.26. The maximum Gasteiger partial charge on any atom is 0.0952 e. The first-order valence-electron chi connectivity index (χ1n) is 6.97. The summed E-state index contributed by atoms with van der Waals surface area (Å²) in [5, 5.41) is 3.49. The molecule has 1 aliphatic heterocycles. The van der Waals surface area contributed by atoms with Gasteiger partial charge in [0.05, 0.1) is 17.0 Å². The molecule has 1 aliphatic rings. The Labute approximate surface area is 128 Å². The minimum Gasteiger partial charge on any atom is -0.372 e. The van der Waals surface area contributed by atoms with Crippen LogP contribution in [0.25, 0.3) is 0 Å². The molecule has 1 atom stereocenters. The van der Waals surface area contributed by atoms with Crippen molar-refractivity contribution in [3.05, 3.63) is 56.7 Å². The molecule has 0 bridgehead atoms. The summed E-state index contributed by atoms with van der Waals surface area (Å²) in [5.74, 6) is 0. The summed E-state index contributed by atoms with van der Waals surface area (Å²) >= 11 is 7.59. The number of hydrogen-bond donors (Lipinski definition) is 1. The van der Waals surface area contributed by atoms with Gasteiger partial charge in [-0.05, 0) is 36.1 Å². The molecule has 20 heavy (non-hydrogen) atoms. The van der Waals surface area contributed by atoms with Gasteiger partial charge in [0.1, 0.15) is 0 Å². The topological polar surface area (TPSA) is 21.3 Å². The molecule has 0 amide bonds. The van der Waals surface area contributed by atoms with Gasteiger partial charge >= 0.3 is 0 Å². The summed E-state index contributed by atoms with van der Waals surface area (Å²) in [6, 6.07) is 12.6. The zero-order valence-electron chi connectivity index (χ0n) is 11.3. The smallest absolute Gasteiger partial charge is 0.0952 e. The van der Waals surface area contributed by atoms with Crippen molar-refractivity contribution in [2.24, 2.45) is 0 Å². The van der Waals surface area contributed by atoms with Gasteiger partial charge < -0.3 is 10.1 Å². The van der Waals surface area contributed by atoms with Crippen LogP contribution in [0.5, 0.6) is 0 Å². The van der Waals surface area contributed by atoms with Gasteiger partial charge in [-0.2, -0.15) is 0 Å². The van der Waals surface area contributed by atoms with E-state index in [9.17, 15) is 0 Å². The fraction of sp³-hybridized carbons (Fsp3) is 0.375. The van der Waals surface area contributed by atoms with Gasteiger partial charge in [0.2, 0.25) is 0 Å². The van der Waals surface area contributed by atoms with Crippen LogP contribution >= 0.6 is 22.9 Å². The monoisotopic (exact) mass is 307 g/mol. The van der Waals surface area contributed by atoms with E-state index in [1.54, 1.807) is 11.3 Å². The summed E-state index contributed by atoms with van der Waals surface area (Å²) in [4.78, 5) is 1.33. The molecule has 0 radical (unpaired) electrons. The van der Waals surface area contributed by atoms with Crippen molar-refractivity contribution < 1.29 is 4.74 Å². The molecule has 1 aromatic carbocycles. The Morgan fingerprint density at radius 2 is 2.15 bits per heavy atom. The maximum atomic E-state index is 5.93. The van der Waals surface area contributed by atoms with Gasteiger partial charge in [0.15, 0.2) is 0 Å². The summed E-state index contributed by atoms with van der Waals surface area (Å²) in [6.07, 6.45) is 2.23. The van der Waals surface area contributed by atoms with Crippen molar-refractivity contribution in [1.29, 1.82) is 0 Å². The molecule has 0 saturated heterocycles. The summed E-state index contributed by atoms with van der Waals surface area (Å²) < 4.78 is 6.75. The number of nitrogens with one attached hydrogen (secondary N) is 1. The average molecular weight is 308 g/mol. The van der Waals surface area contributed by atoms with Crippen molar-refractivity contribution in [1.82, 2.24) is 5.32 Å². The first-order chi connectivity index (χ1) is 9.83. The Morgan fingerprint density at radius 1 is 1.25 bits per heavy atom. The normalized spacial score (nSPS) is 17.9. The third-order valence-corrected chi connectivity index (χ3v) is 4.89. The van der Waals surface area contributed by atoms with Crippen molar-refractivity contribution >= 4 is 22.9 Å². The van der Waals surface area contributed by atoms with E-state index in [4.69, 9.17) is 16.3 Å². The number of fused-ring (bicyclic) bond motifs is 1. The largest absolute Gasteiger partial charge is 0.372 e. The molecular weight excluding hydrogens is 290 g/mol. The maximum absolute atomic E-state index is 5.93. The second-order valence-electron chi connectivity index (χ2n) is 4.97. The van der Waals surface area contributed by atoms with Gasteiger partial charge in [-0.15, -0.1) is 11.3 Å². The van der Waals surface area contributed by atoms with E-state index in [1.165, 1.54) is 16.0 Å². The van der Waals surface area contributed by atoms with Crippen LogP contribution in [-0.4, -0.2) is 19.7 Å². The molecule has 1 aromatic heterocycles. The molecule has 0 aliphatic carbocycles. The van der Waals surface area contributed by atoms with E-state index in [2.05, 4.69) is 35.6 Å². The summed E-state index contributed by atoms with van der Waals surface area (Å²) in [6.45, 7) is 2.65. The van der Waals surface area contributed by atoms with E-state index in [1.807, 2.05) is 6.07 Å². The number of ether oxygens (including phenoxy) is 1. The van der Waals surface area contributed by atoms with Crippen LogP contribution in [0.4, 0.5) is 0 Å². The third-order valence-electron chi connectivity index (χ3n) is 3.60. The lowest BCUT2D eigenvalue weighted by molar-refractivity contribution is 0.0427. The highest BCUT2D eigenvalue weighted by Gasteiger charge is 2.19. The lowest BCUT2D eigenvalue weighted by atomic mass is 9.97. The Bertz CT molecular complexity index is 569. The highest BCUT2D eigenvalue weighted by atomic mass is 35.5. The molecule has 1 N–H and O–H groups in total. The molecule has 3 rings (SSSR count). The Balaban J connectivity index is 1.50. The Kier molecular flexibility index (Phi) is 4.73. The molecule has 2 heterocycles. The quantitative estimate of drug-likeness (QED) is 0.847. The molecule has 1 unspecified atom stereocenters. The van der Waals surface area contributed by atoms with Crippen LogP contribution in [-0.2, 0) is 17.6 Å². The summed E-state index contributed by atoms with van der Waals surface area (Å²) in [5.41, 5.74) is 2.76. The zero-order chi connectivity index (χ0) is 13.8. The second-order valence-corrected chi connectivity index (χ2v) is 6.77. The van der Waals surface area contributed by atoms with Gasteiger partial charge in [0.25, 0.3) is 0 Å². The van der Waals surface area contributed by atoms with Crippen LogP contribution < -0.4 is 5.32 Å². The van der Waals surface area contributed by atoms with Gasteiger partial charge in [-0.1, -0.05) is 35.9 Å². The fourth-order valence-electron chi connectivity index (χ4n) is 2.58.